The van der Waals surface area contributed by atoms with Crippen LogP contribution in [0.4, 0.5) is 0 Å². The summed E-state index contributed by atoms with van der Waals surface area (Å²) >= 11 is 0. The van der Waals surface area contributed by atoms with Crippen molar-refractivity contribution in [1.29, 1.82) is 0 Å². The fourth-order valence-electron chi connectivity index (χ4n) is 2.79. The molecule has 0 amide bonds. The number of aromatic carboxylic acids is 1. The van der Waals surface area contributed by atoms with E-state index in [9.17, 15) is 9.90 Å². The Balaban J connectivity index is 2.02. The molecule has 0 atom stereocenters. The Morgan fingerprint density at radius 3 is 2.44 bits per heavy atom. The number of hydrogen-bond acceptors (Lipinski definition) is 3. The summed E-state index contributed by atoms with van der Waals surface area (Å²) in [5, 5.41) is 14.7. The van der Waals surface area contributed by atoms with Crippen LogP contribution in [-0.2, 0) is 0 Å². The largest absolute Gasteiger partial charge is 0.478 e. The Hall–Kier alpha value is -3.47. The molecule has 0 aliphatic rings. The highest BCUT2D eigenvalue weighted by Gasteiger charge is 2.17. The molecule has 1 N–H and O–H groups in total. The standard InChI is InChI=1S/C20H15N3O2/c1-13-7-9-14(10-8-13)18-17-11-15(20(24)25)12-21-19(17)23(22-18)16-5-3-2-4-6-16/h2-12H,1H3,(H,24,25). The van der Waals surface area contributed by atoms with Crippen LogP contribution < -0.4 is 0 Å². The molecular formula is C20H15N3O2. The third-order valence-electron chi connectivity index (χ3n) is 4.10. The van der Waals surface area contributed by atoms with Gasteiger partial charge in [-0.3, -0.25) is 0 Å². The fourth-order valence-corrected chi connectivity index (χ4v) is 2.79. The lowest BCUT2D eigenvalue weighted by atomic mass is 10.1. The van der Waals surface area contributed by atoms with Gasteiger partial charge in [-0.05, 0) is 25.1 Å². The Kier molecular flexibility index (Phi) is 3.54. The number of fused-ring (bicyclic) bond motifs is 1. The van der Waals surface area contributed by atoms with Crippen LogP contribution in [0.5, 0.6) is 0 Å². The monoisotopic (exact) mass is 329 g/mol. The van der Waals surface area contributed by atoms with E-state index in [-0.39, 0.29) is 5.56 Å². The molecule has 5 heteroatoms. The van der Waals surface area contributed by atoms with Crippen molar-refractivity contribution in [2.75, 3.05) is 0 Å². The number of hydrogen-bond donors (Lipinski definition) is 1. The number of carbonyl (C=O) groups is 1. The van der Waals surface area contributed by atoms with Crippen molar-refractivity contribution in [2.45, 2.75) is 6.92 Å². The maximum absolute atomic E-state index is 11.3. The van der Waals surface area contributed by atoms with Crippen molar-refractivity contribution in [1.82, 2.24) is 14.8 Å². The van der Waals surface area contributed by atoms with Gasteiger partial charge in [0.15, 0.2) is 5.65 Å². The van der Waals surface area contributed by atoms with Crippen molar-refractivity contribution in [3.63, 3.8) is 0 Å². The highest BCUT2D eigenvalue weighted by Crippen LogP contribution is 2.29. The molecule has 0 saturated heterocycles. The quantitative estimate of drug-likeness (QED) is 0.614. The van der Waals surface area contributed by atoms with E-state index in [1.807, 2.05) is 61.5 Å². The topological polar surface area (TPSA) is 68.0 Å². The molecule has 0 aliphatic carbocycles. The minimum absolute atomic E-state index is 0.147. The molecular weight excluding hydrogens is 314 g/mol. The van der Waals surface area contributed by atoms with Gasteiger partial charge in [-0.1, -0.05) is 48.0 Å². The molecule has 0 aliphatic heterocycles. The van der Waals surface area contributed by atoms with Crippen molar-refractivity contribution in [3.8, 4) is 16.9 Å². The first-order valence-electron chi connectivity index (χ1n) is 7.88. The molecule has 0 radical (unpaired) electrons. The molecule has 2 heterocycles. The summed E-state index contributed by atoms with van der Waals surface area (Å²) in [5.41, 5.74) is 4.45. The van der Waals surface area contributed by atoms with Gasteiger partial charge in [0.2, 0.25) is 0 Å². The van der Waals surface area contributed by atoms with Crippen LogP contribution in [0.3, 0.4) is 0 Å². The van der Waals surface area contributed by atoms with Crippen molar-refractivity contribution >= 4 is 17.0 Å². The predicted molar refractivity (Wildman–Crippen MR) is 96.0 cm³/mol. The van der Waals surface area contributed by atoms with Gasteiger partial charge >= 0.3 is 5.97 Å². The summed E-state index contributed by atoms with van der Waals surface area (Å²) in [5.74, 6) is -1.00. The molecule has 2 aromatic carbocycles. The molecule has 25 heavy (non-hydrogen) atoms. The van der Waals surface area contributed by atoms with E-state index in [0.29, 0.717) is 11.0 Å². The number of nitrogens with zero attached hydrogens (tertiary/aromatic N) is 3. The zero-order valence-corrected chi connectivity index (χ0v) is 13.5. The van der Waals surface area contributed by atoms with Gasteiger partial charge in [-0.2, -0.15) is 5.10 Å². The number of carboxylic acids is 1. The molecule has 5 nitrogen and oxygen atoms in total. The average Bonchev–Trinajstić information content (AvgIpc) is 3.02. The Morgan fingerprint density at radius 1 is 1.04 bits per heavy atom. The first kappa shape index (κ1) is 15.1. The van der Waals surface area contributed by atoms with Gasteiger partial charge in [0.1, 0.15) is 5.69 Å². The number of aryl methyl sites for hydroxylation is 1. The zero-order valence-electron chi connectivity index (χ0n) is 13.5. The minimum atomic E-state index is -1.00. The smallest absolute Gasteiger partial charge is 0.337 e. The highest BCUT2D eigenvalue weighted by atomic mass is 16.4. The van der Waals surface area contributed by atoms with E-state index in [4.69, 9.17) is 5.10 Å². The Morgan fingerprint density at radius 2 is 1.76 bits per heavy atom. The molecule has 0 spiro atoms. The van der Waals surface area contributed by atoms with Gasteiger partial charge in [0.05, 0.1) is 11.3 Å². The van der Waals surface area contributed by atoms with E-state index in [2.05, 4.69) is 4.98 Å². The maximum Gasteiger partial charge on any atom is 0.337 e. The summed E-state index contributed by atoms with van der Waals surface area (Å²) in [6, 6.07) is 19.3. The molecule has 4 aromatic rings. The third-order valence-corrected chi connectivity index (χ3v) is 4.10. The first-order chi connectivity index (χ1) is 12.1. The van der Waals surface area contributed by atoms with E-state index in [1.54, 1.807) is 10.7 Å². The second-order valence-electron chi connectivity index (χ2n) is 5.86. The zero-order chi connectivity index (χ0) is 17.4. The van der Waals surface area contributed by atoms with Crippen molar-refractivity contribution < 1.29 is 9.90 Å². The van der Waals surface area contributed by atoms with Crippen LogP contribution in [0.2, 0.25) is 0 Å². The summed E-state index contributed by atoms with van der Waals surface area (Å²) in [6.07, 6.45) is 1.37. The number of rotatable bonds is 3. The third kappa shape index (κ3) is 2.65. The maximum atomic E-state index is 11.3. The Labute approximate surface area is 144 Å². The molecule has 2 aromatic heterocycles. The molecule has 0 bridgehead atoms. The summed E-state index contributed by atoms with van der Waals surface area (Å²) < 4.78 is 1.75. The van der Waals surface area contributed by atoms with Gasteiger partial charge in [-0.15, -0.1) is 0 Å². The number of para-hydroxylation sites is 1. The van der Waals surface area contributed by atoms with Gasteiger partial charge in [-0.25, -0.2) is 14.5 Å². The van der Waals surface area contributed by atoms with Crippen molar-refractivity contribution in [2.24, 2.45) is 0 Å². The number of pyridine rings is 1. The van der Waals surface area contributed by atoms with E-state index in [0.717, 1.165) is 22.5 Å². The van der Waals surface area contributed by atoms with Crippen LogP contribution in [0.25, 0.3) is 28.0 Å². The van der Waals surface area contributed by atoms with E-state index >= 15 is 0 Å². The lowest BCUT2D eigenvalue weighted by Crippen LogP contribution is -1.99. The van der Waals surface area contributed by atoms with Crippen molar-refractivity contribution in [3.05, 3.63) is 78.0 Å². The summed E-state index contributed by atoms with van der Waals surface area (Å²) in [6.45, 7) is 2.02. The van der Waals surface area contributed by atoms with Crippen LogP contribution in [0.1, 0.15) is 15.9 Å². The first-order valence-corrected chi connectivity index (χ1v) is 7.88. The van der Waals surface area contributed by atoms with E-state index in [1.165, 1.54) is 6.20 Å². The Bertz CT molecular complexity index is 1070. The van der Waals surface area contributed by atoms with Crippen LogP contribution >= 0.6 is 0 Å². The lowest BCUT2D eigenvalue weighted by molar-refractivity contribution is 0.0696. The number of aromatic nitrogens is 3. The van der Waals surface area contributed by atoms with Crippen LogP contribution in [0, 0.1) is 6.92 Å². The number of carboxylic acid groups (broad SMARTS) is 1. The molecule has 122 valence electrons. The average molecular weight is 329 g/mol. The van der Waals surface area contributed by atoms with E-state index < -0.39 is 5.97 Å². The normalized spacial score (nSPS) is 10.9. The second-order valence-corrected chi connectivity index (χ2v) is 5.86. The van der Waals surface area contributed by atoms with Gasteiger partial charge in [0.25, 0.3) is 0 Å². The molecule has 0 unspecified atom stereocenters. The molecule has 0 saturated carbocycles. The van der Waals surface area contributed by atoms with Gasteiger partial charge < -0.3 is 5.11 Å². The minimum Gasteiger partial charge on any atom is -0.478 e. The SMILES string of the molecule is Cc1ccc(-c2nn(-c3ccccc3)c3ncc(C(=O)O)cc23)cc1. The molecule has 0 fully saturated rings. The summed E-state index contributed by atoms with van der Waals surface area (Å²) in [7, 11) is 0. The molecule has 4 rings (SSSR count). The fraction of sp³-hybridized carbons (Fsp3) is 0.0500. The van der Waals surface area contributed by atoms with Crippen LogP contribution in [-0.4, -0.2) is 25.8 Å². The number of benzene rings is 2. The van der Waals surface area contributed by atoms with Gasteiger partial charge in [0, 0.05) is 17.1 Å². The lowest BCUT2D eigenvalue weighted by Gasteiger charge is -2.02. The summed E-state index contributed by atoms with van der Waals surface area (Å²) in [4.78, 5) is 15.7. The highest BCUT2D eigenvalue weighted by molar-refractivity contribution is 5.97. The second kappa shape index (κ2) is 5.87. The predicted octanol–water partition coefficient (Wildman–Crippen LogP) is 4.09. The van der Waals surface area contributed by atoms with Crippen LogP contribution in [0.15, 0.2) is 66.9 Å².